The molecule has 0 saturated heterocycles. The summed E-state index contributed by atoms with van der Waals surface area (Å²) >= 11 is 0. The van der Waals surface area contributed by atoms with Gasteiger partial charge in [0.15, 0.2) is 5.52 Å². The highest BCUT2D eigenvalue weighted by molar-refractivity contribution is 5.68. The summed E-state index contributed by atoms with van der Waals surface area (Å²) in [6.45, 7) is 0.806. The minimum Gasteiger partial charge on any atom is -0.317 e. The van der Waals surface area contributed by atoms with Crippen LogP contribution in [0.15, 0.2) is 15.9 Å². The van der Waals surface area contributed by atoms with Crippen molar-refractivity contribution in [1.29, 1.82) is 0 Å². The van der Waals surface area contributed by atoms with Gasteiger partial charge in [0, 0.05) is 6.54 Å². The maximum Gasteiger partial charge on any atom is 0.327 e. The number of fused-ring (bicyclic) bond motifs is 1. The molecule has 2 N–H and O–H groups in total. The van der Waals surface area contributed by atoms with Crippen molar-refractivity contribution in [2.75, 3.05) is 0 Å². The summed E-state index contributed by atoms with van der Waals surface area (Å²) in [5.41, 5.74) is -0.0839. The predicted molar refractivity (Wildman–Crippen MR) is 58.3 cm³/mol. The molecule has 1 saturated carbocycles. The molecule has 6 nitrogen and oxygen atoms in total. The monoisotopic (exact) mass is 220 g/mol. The number of rotatable bonds is 3. The van der Waals surface area contributed by atoms with E-state index in [-0.39, 0.29) is 0 Å². The fourth-order valence-electron chi connectivity index (χ4n) is 1.88. The van der Waals surface area contributed by atoms with Gasteiger partial charge >= 0.3 is 5.69 Å². The molecule has 0 aliphatic heterocycles. The first-order valence-corrected chi connectivity index (χ1v) is 5.41. The third-order valence-corrected chi connectivity index (χ3v) is 2.99. The molecule has 2 aromatic heterocycles. The van der Waals surface area contributed by atoms with Crippen LogP contribution in [0, 0.1) is 5.92 Å². The predicted octanol–water partition coefficient (Wildman–Crippen LogP) is 0.213. The first kappa shape index (κ1) is 9.38. The summed E-state index contributed by atoms with van der Waals surface area (Å²) in [5.74, 6) is 0.811. The topological polar surface area (TPSA) is 83.5 Å². The largest absolute Gasteiger partial charge is 0.327 e. The molecule has 0 radical (unpaired) electrons. The van der Waals surface area contributed by atoms with Crippen LogP contribution < -0.4 is 11.2 Å². The fraction of sp³-hybridized carbons (Fsp3) is 0.500. The van der Waals surface area contributed by atoms with Crippen molar-refractivity contribution in [2.24, 2.45) is 5.92 Å². The normalized spacial score (nSPS) is 15.8. The number of hydrogen-bond donors (Lipinski definition) is 2. The first-order chi connectivity index (χ1) is 7.74. The Labute approximate surface area is 90.3 Å². The number of aryl methyl sites for hydroxylation is 1. The van der Waals surface area contributed by atoms with Gasteiger partial charge < -0.3 is 4.57 Å². The molecule has 16 heavy (non-hydrogen) atoms. The Balaban J connectivity index is 2.03. The third kappa shape index (κ3) is 1.56. The van der Waals surface area contributed by atoms with E-state index >= 15 is 0 Å². The van der Waals surface area contributed by atoms with Crippen LogP contribution in [0.3, 0.4) is 0 Å². The molecule has 1 aliphatic carbocycles. The average molecular weight is 220 g/mol. The molecular formula is C10H12N4O2. The summed E-state index contributed by atoms with van der Waals surface area (Å²) in [5, 5.41) is 0. The number of nitrogens with one attached hydrogen (secondary N) is 2. The van der Waals surface area contributed by atoms with Crippen LogP contribution in [0.1, 0.15) is 19.3 Å². The molecule has 0 unspecified atom stereocenters. The lowest BCUT2D eigenvalue weighted by Crippen LogP contribution is -2.22. The Hall–Kier alpha value is -1.85. The number of hydrogen-bond acceptors (Lipinski definition) is 3. The van der Waals surface area contributed by atoms with Gasteiger partial charge in [-0.05, 0) is 12.3 Å². The molecule has 6 heteroatoms. The molecule has 2 aromatic rings. The van der Waals surface area contributed by atoms with Crippen molar-refractivity contribution < 1.29 is 0 Å². The van der Waals surface area contributed by atoms with Crippen LogP contribution in [0.5, 0.6) is 0 Å². The van der Waals surface area contributed by atoms with Crippen LogP contribution >= 0.6 is 0 Å². The van der Waals surface area contributed by atoms with Crippen molar-refractivity contribution in [3.63, 3.8) is 0 Å². The molecule has 1 aliphatic rings. The Bertz CT molecular complexity index is 632. The SMILES string of the molecule is O=c1[nH]c(=O)c2ncn(CCC3CC3)c2[nH]1. The maximum absolute atomic E-state index is 11.4. The Morgan fingerprint density at radius 1 is 1.38 bits per heavy atom. The van der Waals surface area contributed by atoms with E-state index < -0.39 is 11.2 Å². The Morgan fingerprint density at radius 3 is 2.94 bits per heavy atom. The zero-order valence-corrected chi connectivity index (χ0v) is 8.69. The van der Waals surface area contributed by atoms with Crippen LogP contribution in [-0.2, 0) is 6.54 Å². The lowest BCUT2D eigenvalue weighted by Gasteiger charge is -2.01. The Kier molecular flexibility index (Phi) is 1.95. The number of aromatic nitrogens is 4. The summed E-state index contributed by atoms with van der Waals surface area (Å²) in [6.07, 6.45) is 5.28. The molecule has 0 amide bonds. The van der Waals surface area contributed by atoms with Crippen LogP contribution in [0.2, 0.25) is 0 Å². The first-order valence-electron chi connectivity index (χ1n) is 5.41. The second-order valence-electron chi connectivity index (χ2n) is 4.28. The fourth-order valence-corrected chi connectivity index (χ4v) is 1.88. The van der Waals surface area contributed by atoms with E-state index in [2.05, 4.69) is 15.0 Å². The van der Waals surface area contributed by atoms with Gasteiger partial charge in [-0.15, -0.1) is 0 Å². The van der Waals surface area contributed by atoms with E-state index in [9.17, 15) is 9.59 Å². The molecule has 3 rings (SSSR count). The molecule has 0 atom stereocenters. The zero-order valence-electron chi connectivity index (χ0n) is 8.69. The molecule has 0 bridgehead atoms. The van der Waals surface area contributed by atoms with E-state index in [0.717, 1.165) is 18.9 Å². The quantitative estimate of drug-likeness (QED) is 0.775. The highest BCUT2D eigenvalue weighted by atomic mass is 16.2. The van der Waals surface area contributed by atoms with Gasteiger partial charge in [0.05, 0.1) is 6.33 Å². The van der Waals surface area contributed by atoms with Gasteiger partial charge in [-0.3, -0.25) is 14.8 Å². The zero-order chi connectivity index (χ0) is 11.1. The van der Waals surface area contributed by atoms with Crippen LogP contribution in [0.25, 0.3) is 11.2 Å². The van der Waals surface area contributed by atoms with Gasteiger partial charge in [-0.1, -0.05) is 12.8 Å². The number of nitrogens with zero attached hydrogens (tertiary/aromatic N) is 2. The van der Waals surface area contributed by atoms with Crippen molar-refractivity contribution in [3.8, 4) is 0 Å². The van der Waals surface area contributed by atoms with E-state index in [1.807, 2.05) is 4.57 Å². The highest BCUT2D eigenvalue weighted by Gasteiger charge is 2.21. The molecular weight excluding hydrogens is 208 g/mol. The molecule has 1 fully saturated rings. The number of H-pyrrole nitrogens is 2. The third-order valence-electron chi connectivity index (χ3n) is 2.99. The second-order valence-corrected chi connectivity index (χ2v) is 4.28. The summed E-state index contributed by atoms with van der Waals surface area (Å²) < 4.78 is 1.84. The van der Waals surface area contributed by atoms with Crippen molar-refractivity contribution in [3.05, 3.63) is 27.2 Å². The summed E-state index contributed by atoms with van der Waals surface area (Å²) in [7, 11) is 0. The second kappa shape index (κ2) is 3.33. The minimum absolute atomic E-state index is 0.301. The standard InChI is InChI=1S/C10H12N4O2/c15-9-7-8(12-10(16)13-9)14(5-11-7)4-3-6-1-2-6/h5-6H,1-4H2,(H2,12,13,15,16). The van der Waals surface area contributed by atoms with Gasteiger partial charge in [0.2, 0.25) is 0 Å². The number of imidazole rings is 1. The van der Waals surface area contributed by atoms with Crippen molar-refractivity contribution in [2.45, 2.75) is 25.8 Å². The van der Waals surface area contributed by atoms with Crippen LogP contribution in [0.4, 0.5) is 0 Å². The molecule has 0 spiro atoms. The van der Waals surface area contributed by atoms with Gasteiger partial charge in [-0.2, -0.15) is 0 Å². The van der Waals surface area contributed by atoms with E-state index in [4.69, 9.17) is 0 Å². The molecule has 0 aromatic carbocycles. The summed E-state index contributed by atoms with van der Waals surface area (Å²) in [4.78, 5) is 31.3. The summed E-state index contributed by atoms with van der Waals surface area (Å²) in [6, 6.07) is 0. The van der Waals surface area contributed by atoms with E-state index in [1.165, 1.54) is 12.8 Å². The van der Waals surface area contributed by atoms with Gasteiger partial charge in [-0.25, -0.2) is 9.78 Å². The van der Waals surface area contributed by atoms with E-state index in [1.54, 1.807) is 6.33 Å². The van der Waals surface area contributed by atoms with Gasteiger partial charge in [0.25, 0.3) is 5.56 Å². The molecule has 84 valence electrons. The number of aromatic amines is 2. The van der Waals surface area contributed by atoms with E-state index in [0.29, 0.717) is 11.2 Å². The maximum atomic E-state index is 11.4. The van der Waals surface area contributed by atoms with Crippen LogP contribution in [-0.4, -0.2) is 19.5 Å². The lowest BCUT2D eigenvalue weighted by molar-refractivity contribution is 0.604. The smallest absolute Gasteiger partial charge is 0.317 e. The van der Waals surface area contributed by atoms with Crippen molar-refractivity contribution >= 4 is 11.2 Å². The molecule has 2 heterocycles. The highest BCUT2D eigenvalue weighted by Crippen LogP contribution is 2.32. The average Bonchev–Trinajstić information content (AvgIpc) is 2.97. The minimum atomic E-state index is -0.481. The Morgan fingerprint density at radius 2 is 2.19 bits per heavy atom. The lowest BCUT2D eigenvalue weighted by atomic mass is 10.3. The van der Waals surface area contributed by atoms with Gasteiger partial charge in [0.1, 0.15) is 5.65 Å². The van der Waals surface area contributed by atoms with Crippen molar-refractivity contribution in [1.82, 2.24) is 19.5 Å².